The van der Waals surface area contributed by atoms with E-state index in [1.165, 1.54) is 0 Å². The zero-order valence-corrected chi connectivity index (χ0v) is 16.1. The van der Waals surface area contributed by atoms with Gasteiger partial charge in [-0.1, -0.05) is 23.7 Å². The number of aromatic nitrogens is 2. The average molecular weight is 396 g/mol. The standard InChI is InChI=1S/C21H18ClN3O3/c1-13-18(24-17-6-3-2-5-16(17)23-13)12-28-21(27)14-8-9-15(22)19(11-14)25-10-4-7-20(25)26/h2-3,5-6,8-9,11H,4,7,10,12H2,1H3. The average Bonchev–Trinajstić information content (AvgIpc) is 3.12. The summed E-state index contributed by atoms with van der Waals surface area (Å²) in [6.07, 6.45) is 1.27. The minimum absolute atomic E-state index is 0.00878. The molecule has 3 aromatic rings. The van der Waals surface area contributed by atoms with Crippen molar-refractivity contribution >= 4 is 40.2 Å². The number of rotatable bonds is 4. The highest BCUT2D eigenvalue weighted by molar-refractivity contribution is 6.34. The maximum Gasteiger partial charge on any atom is 0.338 e. The molecule has 6 nitrogen and oxygen atoms in total. The molecule has 28 heavy (non-hydrogen) atoms. The molecule has 0 saturated carbocycles. The summed E-state index contributed by atoms with van der Waals surface area (Å²) in [4.78, 5) is 35.2. The summed E-state index contributed by atoms with van der Waals surface area (Å²) < 4.78 is 5.44. The van der Waals surface area contributed by atoms with E-state index in [4.69, 9.17) is 16.3 Å². The largest absolute Gasteiger partial charge is 0.456 e. The molecule has 142 valence electrons. The van der Waals surface area contributed by atoms with Crippen LogP contribution >= 0.6 is 11.6 Å². The van der Waals surface area contributed by atoms with Crippen LogP contribution in [0.4, 0.5) is 5.69 Å². The highest BCUT2D eigenvalue weighted by Gasteiger charge is 2.24. The van der Waals surface area contributed by atoms with Crippen LogP contribution in [-0.2, 0) is 16.1 Å². The predicted molar refractivity (Wildman–Crippen MR) is 106 cm³/mol. The molecule has 1 fully saturated rings. The minimum atomic E-state index is -0.501. The normalized spacial score (nSPS) is 13.9. The van der Waals surface area contributed by atoms with Crippen molar-refractivity contribution in [3.63, 3.8) is 0 Å². The summed E-state index contributed by atoms with van der Waals surface area (Å²) in [6, 6.07) is 12.3. The van der Waals surface area contributed by atoms with E-state index in [1.807, 2.05) is 31.2 Å². The zero-order chi connectivity index (χ0) is 19.7. The van der Waals surface area contributed by atoms with Crippen molar-refractivity contribution in [3.05, 3.63) is 64.4 Å². The van der Waals surface area contributed by atoms with Crippen molar-refractivity contribution in [1.29, 1.82) is 0 Å². The first kappa shape index (κ1) is 18.4. The second-order valence-corrected chi connectivity index (χ2v) is 7.04. The lowest BCUT2D eigenvalue weighted by Gasteiger charge is -2.18. The Morgan fingerprint density at radius 1 is 1.18 bits per heavy atom. The lowest BCUT2D eigenvalue weighted by atomic mass is 10.2. The Hall–Kier alpha value is -2.99. The molecule has 7 heteroatoms. The number of ether oxygens (including phenoxy) is 1. The van der Waals surface area contributed by atoms with Crippen LogP contribution in [-0.4, -0.2) is 28.4 Å². The predicted octanol–water partition coefficient (Wildman–Crippen LogP) is 4.08. The molecule has 0 radical (unpaired) electrons. The SMILES string of the molecule is Cc1nc2ccccc2nc1COC(=O)c1ccc(Cl)c(N2CCCC2=O)c1. The van der Waals surface area contributed by atoms with E-state index < -0.39 is 5.97 Å². The number of fused-ring (bicyclic) bond motifs is 1. The molecule has 1 aliphatic rings. The van der Waals surface area contributed by atoms with Crippen molar-refractivity contribution in [3.8, 4) is 0 Å². The highest BCUT2D eigenvalue weighted by Crippen LogP contribution is 2.30. The smallest absolute Gasteiger partial charge is 0.338 e. The van der Waals surface area contributed by atoms with Gasteiger partial charge in [0.05, 0.1) is 38.7 Å². The first-order chi connectivity index (χ1) is 13.5. The highest BCUT2D eigenvalue weighted by atomic mass is 35.5. The summed E-state index contributed by atoms with van der Waals surface area (Å²) in [5, 5.41) is 0.433. The molecule has 0 bridgehead atoms. The third-order valence-electron chi connectivity index (χ3n) is 4.73. The summed E-state index contributed by atoms with van der Waals surface area (Å²) in [7, 11) is 0. The van der Waals surface area contributed by atoms with Crippen molar-refractivity contribution < 1.29 is 14.3 Å². The fourth-order valence-electron chi connectivity index (χ4n) is 3.23. The Morgan fingerprint density at radius 2 is 1.93 bits per heavy atom. The molecule has 4 rings (SSSR count). The van der Waals surface area contributed by atoms with Crippen LogP contribution in [0.1, 0.15) is 34.6 Å². The Kier molecular flexibility index (Phi) is 4.96. The van der Waals surface area contributed by atoms with Crippen LogP contribution in [0.3, 0.4) is 0 Å². The van der Waals surface area contributed by atoms with Gasteiger partial charge in [0.2, 0.25) is 5.91 Å². The van der Waals surface area contributed by atoms with Gasteiger partial charge in [-0.3, -0.25) is 4.79 Å². The van der Waals surface area contributed by atoms with Crippen LogP contribution in [0.15, 0.2) is 42.5 Å². The van der Waals surface area contributed by atoms with E-state index in [2.05, 4.69) is 9.97 Å². The first-order valence-electron chi connectivity index (χ1n) is 9.02. The van der Waals surface area contributed by atoms with Gasteiger partial charge in [-0.15, -0.1) is 0 Å². The quantitative estimate of drug-likeness (QED) is 0.622. The van der Waals surface area contributed by atoms with Crippen molar-refractivity contribution in [2.24, 2.45) is 0 Å². The van der Waals surface area contributed by atoms with E-state index in [-0.39, 0.29) is 12.5 Å². The molecule has 0 N–H and O–H groups in total. The third kappa shape index (κ3) is 3.55. The molecular weight excluding hydrogens is 378 g/mol. The molecule has 1 aromatic heterocycles. The second-order valence-electron chi connectivity index (χ2n) is 6.64. The van der Waals surface area contributed by atoms with Crippen molar-refractivity contribution in [2.45, 2.75) is 26.4 Å². The van der Waals surface area contributed by atoms with Gasteiger partial charge in [0.25, 0.3) is 0 Å². The molecule has 0 atom stereocenters. The summed E-state index contributed by atoms with van der Waals surface area (Å²) >= 11 is 6.23. The number of anilines is 1. The van der Waals surface area contributed by atoms with Crippen molar-refractivity contribution in [2.75, 3.05) is 11.4 Å². The lowest BCUT2D eigenvalue weighted by Crippen LogP contribution is -2.24. The van der Waals surface area contributed by atoms with Gasteiger partial charge in [-0.2, -0.15) is 0 Å². The maximum absolute atomic E-state index is 12.5. The maximum atomic E-state index is 12.5. The van der Waals surface area contributed by atoms with Crippen LogP contribution in [0.2, 0.25) is 5.02 Å². The fourth-order valence-corrected chi connectivity index (χ4v) is 3.45. The van der Waals surface area contributed by atoms with Gasteiger partial charge in [-0.05, 0) is 43.7 Å². The number of para-hydroxylation sites is 2. The molecule has 2 aromatic carbocycles. The monoisotopic (exact) mass is 395 g/mol. The summed E-state index contributed by atoms with van der Waals surface area (Å²) in [5.41, 5.74) is 3.75. The molecule has 1 aliphatic heterocycles. The molecule has 1 saturated heterocycles. The number of halogens is 1. The van der Waals surface area contributed by atoms with Gasteiger partial charge in [0, 0.05) is 13.0 Å². The van der Waals surface area contributed by atoms with Gasteiger partial charge in [0.15, 0.2) is 0 Å². The van der Waals surface area contributed by atoms with Crippen LogP contribution in [0.25, 0.3) is 11.0 Å². The molecule has 2 heterocycles. The Labute approximate surface area is 167 Å². The number of benzene rings is 2. The van der Waals surface area contributed by atoms with Crippen LogP contribution < -0.4 is 4.90 Å². The zero-order valence-electron chi connectivity index (χ0n) is 15.3. The number of hydrogen-bond acceptors (Lipinski definition) is 5. The summed E-state index contributed by atoms with van der Waals surface area (Å²) in [6.45, 7) is 2.45. The van der Waals surface area contributed by atoms with E-state index in [1.54, 1.807) is 23.1 Å². The van der Waals surface area contributed by atoms with Crippen molar-refractivity contribution in [1.82, 2.24) is 9.97 Å². The number of aryl methyl sites for hydroxylation is 1. The van der Waals surface area contributed by atoms with E-state index in [0.29, 0.717) is 40.6 Å². The van der Waals surface area contributed by atoms with Gasteiger partial charge in [0.1, 0.15) is 6.61 Å². The lowest BCUT2D eigenvalue weighted by molar-refractivity contribution is -0.117. The second kappa shape index (κ2) is 7.56. The molecule has 0 unspecified atom stereocenters. The van der Waals surface area contributed by atoms with E-state index >= 15 is 0 Å². The summed E-state index contributed by atoms with van der Waals surface area (Å²) in [5.74, 6) is -0.492. The number of hydrogen-bond donors (Lipinski definition) is 0. The van der Waals surface area contributed by atoms with Gasteiger partial charge in [-0.25, -0.2) is 14.8 Å². The van der Waals surface area contributed by atoms with Gasteiger partial charge < -0.3 is 9.64 Å². The van der Waals surface area contributed by atoms with E-state index in [9.17, 15) is 9.59 Å². The molecular formula is C21H18ClN3O3. The number of amides is 1. The van der Waals surface area contributed by atoms with E-state index in [0.717, 1.165) is 17.5 Å². The minimum Gasteiger partial charge on any atom is -0.456 e. The fraction of sp³-hybridized carbons (Fsp3) is 0.238. The first-order valence-corrected chi connectivity index (χ1v) is 9.40. The third-order valence-corrected chi connectivity index (χ3v) is 5.05. The molecule has 1 amide bonds. The molecule has 0 aliphatic carbocycles. The number of nitrogens with zero attached hydrogens (tertiary/aromatic N) is 3. The Morgan fingerprint density at radius 3 is 2.64 bits per heavy atom. The number of carbonyl (C=O) groups is 2. The topological polar surface area (TPSA) is 72.4 Å². The van der Waals surface area contributed by atoms with Crippen LogP contribution in [0, 0.1) is 6.92 Å². The number of esters is 1. The Bertz CT molecular complexity index is 1080. The molecule has 0 spiro atoms. The van der Waals surface area contributed by atoms with Crippen LogP contribution in [0.5, 0.6) is 0 Å². The van der Waals surface area contributed by atoms with Gasteiger partial charge >= 0.3 is 5.97 Å². The number of carbonyl (C=O) groups excluding carboxylic acids is 2. The Balaban J connectivity index is 1.53.